The van der Waals surface area contributed by atoms with Crippen LogP contribution in [-0.4, -0.2) is 22.2 Å². The molecule has 104 valence electrons. The molecule has 0 aromatic carbocycles. The summed E-state index contributed by atoms with van der Waals surface area (Å²) in [7, 11) is 0. The van der Waals surface area contributed by atoms with E-state index in [0.29, 0.717) is 18.4 Å². The molecule has 0 amide bonds. The van der Waals surface area contributed by atoms with Crippen LogP contribution in [0.15, 0.2) is 5.38 Å². The van der Waals surface area contributed by atoms with E-state index in [2.05, 4.69) is 43.4 Å². The van der Waals surface area contributed by atoms with Crippen LogP contribution in [0.1, 0.15) is 57.7 Å². The zero-order chi connectivity index (χ0) is 13.8. The fourth-order valence-corrected chi connectivity index (χ4v) is 2.56. The fraction of sp³-hybridized carbons (Fsp3) is 0.786. The normalized spacial score (nSPS) is 16.8. The smallest absolute Gasteiger partial charge is 0.0954 e. The summed E-state index contributed by atoms with van der Waals surface area (Å²) in [4.78, 5) is 4.57. The first kappa shape index (κ1) is 15.6. The molecule has 0 spiro atoms. The summed E-state index contributed by atoms with van der Waals surface area (Å²) in [5.74, 6) is 0.790. The zero-order valence-corrected chi connectivity index (χ0v) is 13.0. The molecule has 0 bridgehead atoms. The molecule has 1 rings (SSSR count). The van der Waals surface area contributed by atoms with Gasteiger partial charge in [-0.1, -0.05) is 34.1 Å². The number of hydrogen-bond acceptors (Lipinski definition) is 4. The van der Waals surface area contributed by atoms with E-state index in [1.807, 2.05) is 6.92 Å². The molecule has 18 heavy (non-hydrogen) atoms. The third kappa shape index (κ3) is 4.34. The van der Waals surface area contributed by atoms with E-state index >= 15 is 0 Å². The quantitative estimate of drug-likeness (QED) is 0.800. The van der Waals surface area contributed by atoms with Crippen LogP contribution in [0, 0.1) is 5.92 Å². The Hall–Kier alpha value is -0.450. The van der Waals surface area contributed by atoms with E-state index in [-0.39, 0.29) is 0 Å². The second-order valence-corrected chi connectivity index (χ2v) is 6.49. The molecular formula is C14H26N2OS. The lowest BCUT2D eigenvalue weighted by Crippen LogP contribution is -2.42. The lowest BCUT2D eigenvalue weighted by molar-refractivity contribution is 0.00530. The average molecular weight is 270 g/mol. The highest BCUT2D eigenvalue weighted by atomic mass is 32.1. The van der Waals surface area contributed by atoms with Crippen LogP contribution in [0.2, 0.25) is 0 Å². The van der Waals surface area contributed by atoms with E-state index in [1.165, 1.54) is 5.01 Å². The van der Waals surface area contributed by atoms with Gasteiger partial charge in [0.25, 0.3) is 0 Å². The number of nitrogens with one attached hydrogen (secondary N) is 1. The number of hydrogen-bond donors (Lipinski definition) is 2. The molecule has 0 aliphatic rings. The standard InChI is InChI=1S/C14H26N2OS/c1-6-11(4)14(5,17)9-15-7-12-8-18-13(16-12)10(2)3/h8,10-11,15,17H,6-7,9H2,1-5H3. The Morgan fingerprint density at radius 1 is 1.44 bits per heavy atom. The minimum absolute atomic E-state index is 0.298. The van der Waals surface area contributed by atoms with Gasteiger partial charge in [-0.25, -0.2) is 4.98 Å². The largest absolute Gasteiger partial charge is 0.389 e. The van der Waals surface area contributed by atoms with Crippen LogP contribution in [-0.2, 0) is 6.54 Å². The molecule has 0 saturated heterocycles. The van der Waals surface area contributed by atoms with Gasteiger partial charge in [0.15, 0.2) is 0 Å². The van der Waals surface area contributed by atoms with Crippen molar-refractivity contribution < 1.29 is 5.11 Å². The van der Waals surface area contributed by atoms with Gasteiger partial charge in [0.05, 0.1) is 16.3 Å². The molecule has 3 nitrogen and oxygen atoms in total. The first-order valence-corrected chi connectivity index (χ1v) is 7.62. The van der Waals surface area contributed by atoms with E-state index in [4.69, 9.17) is 0 Å². The zero-order valence-electron chi connectivity index (χ0n) is 12.2. The highest BCUT2D eigenvalue weighted by molar-refractivity contribution is 7.09. The summed E-state index contributed by atoms with van der Waals surface area (Å²) >= 11 is 1.71. The molecule has 4 heteroatoms. The Morgan fingerprint density at radius 2 is 2.11 bits per heavy atom. The van der Waals surface area contributed by atoms with Gasteiger partial charge in [0.2, 0.25) is 0 Å². The van der Waals surface area contributed by atoms with Crippen LogP contribution >= 0.6 is 11.3 Å². The highest BCUT2D eigenvalue weighted by Crippen LogP contribution is 2.20. The van der Waals surface area contributed by atoms with Gasteiger partial charge in [-0.15, -0.1) is 11.3 Å². The predicted octanol–water partition coefficient (Wildman–Crippen LogP) is 3.15. The number of aliphatic hydroxyl groups is 1. The molecular weight excluding hydrogens is 244 g/mol. The van der Waals surface area contributed by atoms with Crippen molar-refractivity contribution in [3.63, 3.8) is 0 Å². The summed E-state index contributed by atoms with van der Waals surface area (Å²) in [5, 5.41) is 16.9. The summed E-state index contributed by atoms with van der Waals surface area (Å²) in [6.45, 7) is 11.7. The molecule has 1 aromatic rings. The first-order chi connectivity index (χ1) is 8.36. The number of rotatable bonds is 7. The molecule has 0 fully saturated rings. The Labute approximate surface area is 115 Å². The van der Waals surface area contributed by atoms with Gasteiger partial charge < -0.3 is 10.4 Å². The summed E-state index contributed by atoms with van der Waals surface area (Å²) in [5.41, 5.74) is 0.426. The van der Waals surface area contributed by atoms with Gasteiger partial charge in [0.1, 0.15) is 0 Å². The van der Waals surface area contributed by atoms with E-state index < -0.39 is 5.60 Å². The highest BCUT2D eigenvalue weighted by Gasteiger charge is 2.26. The lowest BCUT2D eigenvalue weighted by atomic mass is 9.89. The topological polar surface area (TPSA) is 45.1 Å². The van der Waals surface area contributed by atoms with Crippen molar-refractivity contribution in [2.75, 3.05) is 6.54 Å². The molecule has 2 atom stereocenters. The minimum atomic E-state index is -0.647. The molecule has 1 heterocycles. The molecule has 0 aliphatic heterocycles. The summed E-state index contributed by atoms with van der Waals surface area (Å²) in [6.07, 6.45) is 0.989. The second-order valence-electron chi connectivity index (χ2n) is 5.60. The average Bonchev–Trinajstić information content (AvgIpc) is 2.76. The third-order valence-electron chi connectivity index (χ3n) is 3.53. The Balaban J connectivity index is 2.41. The third-order valence-corrected chi connectivity index (χ3v) is 4.72. The van der Waals surface area contributed by atoms with Crippen molar-refractivity contribution in [2.24, 2.45) is 5.92 Å². The molecule has 0 aliphatic carbocycles. The van der Waals surface area contributed by atoms with Gasteiger partial charge in [-0.2, -0.15) is 0 Å². The van der Waals surface area contributed by atoms with Crippen LogP contribution in [0.3, 0.4) is 0 Å². The summed E-state index contributed by atoms with van der Waals surface area (Å²) < 4.78 is 0. The molecule has 0 saturated carbocycles. The molecule has 2 N–H and O–H groups in total. The predicted molar refractivity (Wildman–Crippen MR) is 78.0 cm³/mol. The Bertz CT molecular complexity index is 360. The maximum Gasteiger partial charge on any atom is 0.0954 e. The number of thiazole rings is 1. The Kier molecular flexibility index (Phi) is 5.76. The number of nitrogens with zero attached hydrogens (tertiary/aromatic N) is 1. The van der Waals surface area contributed by atoms with E-state index in [1.54, 1.807) is 11.3 Å². The molecule has 1 aromatic heterocycles. The monoisotopic (exact) mass is 270 g/mol. The van der Waals surface area contributed by atoms with Crippen molar-refractivity contribution in [3.8, 4) is 0 Å². The summed E-state index contributed by atoms with van der Waals surface area (Å²) in [6, 6.07) is 0. The van der Waals surface area contributed by atoms with Gasteiger partial charge in [-0.3, -0.25) is 0 Å². The SMILES string of the molecule is CCC(C)C(C)(O)CNCc1csc(C(C)C)n1. The van der Waals surface area contributed by atoms with Crippen LogP contribution < -0.4 is 5.32 Å². The van der Waals surface area contributed by atoms with E-state index in [0.717, 1.165) is 18.7 Å². The first-order valence-electron chi connectivity index (χ1n) is 6.74. The molecule has 0 radical (unpaired) electrons. The van der Waals surface area contributed by atoms with Crippen molar-refractivity contribution in [1.29, 1.82) is 0 Å². The maximum atomic E-state index is 10.3. The Morgan fingerprint density at radius 3 is 2.61 bits per heavy atom. The number of aromatic nitrogens is 1. The van der Waals surface area contributed by atoms with Crippen LogP contribution in [0.5, 0.6) is 0 Å². The fourth-order valence-electron chi connectivity index (χ4n) is 1.73. The van der Waals surface area contributed by atoms with E-state index in [9.17, 15) is 5.11 Å². The maximum absolute atomic E-state index is 10.3. The van der Waals surface area contributed by atoms with Gasteiger partial charge in [0, 0.05) is 24.4 Å². The van der Waals surface area contributed by atoms with Gasteiger partial charge in [-0.05, 0) is 12.8 Å². The van der Waals surface area contributed by atoms with Crippen molar-refractivity contribution in [3.05, 3.63) is 16.1 Å². The lowest BCUT2D eigenvalue weighted by Gasteiger charge is -2.29. The van der Waals surface area contributed by atoms with Crippen LogP contribution in [0.25, 0.3) is 0 Å². The minimum Gasteiger partial charge on any atom is -0.389 e. The molecule has 2 unspecified atom stereocenters. The van der Waals surface area contributed by atoms with Crippen molar-refractivity contribution in [1.82, 2.24) is 10.3 Å². The van der Waals surface area contributed by atoms with Crippen LogP contribution in [0.4, 0.5) is 0 Å². The second kappa shape index (κ2) is 6.64. The van der Waals surface area contributed by atoms with Crippen molar-refractivity contribution >= 4 is 11.3 Å². The van der Waals surface area contributed by atoms with Crippen molar-refractivity contribution in [2.45, 2.75) is 59.1 Å². The van der Waals surface area contributed by atoms with Gasteiger partial charge >= 0.3 is 0 Å².